The number of primary amides is 1. The molecule has 1 aromatic rings. The molecule has 36 heavy (non-hydrogen) atoms. The quantitative estimate of drug-likeness (QED) is 0.111. The number of hydrogen-bond acceptors (Lipinski definition) is 7. The molecule has 5 amide bonds. The molecule has 1 rings (SSSR count). The van der Waals surface area contributed by atoms with E-state index in [1.54, 1.807) is 12.1 Å². The summed E-state index contributed by atoms with van der Waals surface area (Å²) in [6.07, 6.45) is 3.01. The first-order valence-electron chi connectivity index (χ1n) is 11.9. The lowest BCUT2D eigenvalue weighted by molar-refractivity contribution is -0.129. The van der Waals surface area contributed by atoms with Gasteiger partial charge in [-0.1, -0.05) is 18.6 Å². The van der Waals surface area contributed by atoms with Crippen LogP contribution in [-0.4, -0.2) is 66.1 Å². The number of rotatable bonds is 17. The van der Waals surface area contributed by atoms with Crippen LogP contribution in [0.25, 0.3) is 0 Å². The van der Waals surface area contributed by atoms with E-state index in [-0.39, 0.29) is 60.8 Å². The second kappa shape index (κ2) is 17.2. The van der Waals surface area contributed by atoms with E-state index in [9.17, 15) is 29.1 Å². The van der Waals surface area contributed by atoms with Crippen LogP contribution in [0.4, 0.5) is 0 Å². The van der Waals surface area contributed by atoms with Crippen molar-refractivity contribution in [2.24, 2.45) is 5.73 Å². The second-order valence-electron chi connectivity index (χ2n) is 8.32. The van der Waals surface area contributed by atoms with Crippen LogP contribution in [0.2, 0.25) is 0 Å². The van der Waals surface area contributed by atoms with E-state index in [1.807, 2.05) is 0 Å². The zero-order chi connectivity index (χ0) is 26.9. The van der Waals surface area contributed by atoms with E-state index >= 15 is 0 Å². The third-order valence-electron chi connectivity index (χ3n) is 5.36. The van der Waals surface area contributed by atoms with Crippen LogP contribution in [0.5, 0.6) is 5.75 Å². The van der Waals surface area contributed by atoms with Gasteiger partial charge in [0.05, 0.1) is 0 Å². The van der Waals surface area contributed by atoms with Gasteiger partial charge in [-0.3, -0.25) is 24.0 Å². The number of unbranched alkanes of at least 4 members (excludes halogenated alkanes) is 2. The standard InChI is InChI=1S/C24H37N5O6S/c1-26-20(31)7-5-8-22(33)28-18(14-16-9-11-17(30)12-10-16)24(35)27-13-4-2-3-6-21(32)29-19(15-36)23(25)34/h9-12,18-19,30,36H,2-8,13-15H2,1H3,(H2,25,34)(H,26,31)(H,27,35)(H,28,33)(H,29,32). The zero-order valence-corrected chi connectivity index (χ0v) is 21.4. The van der Waals surface area contributed by atoms with Crippen LogP contribution in [-0.2, 0) is 30.4 Å². The van der Waals surface area contributed by atoms with Crippen molar-refractivity contribution < 1.29 is 29.1 Å². The smallest absolute Gasteiger partial charge is 0.242 e. The summed E-state index contributed by atoms with van der Waals surface area (Å²) in [6, 6.07) is 4.75. The number of hydrogen-bond donors (Lipinski definition) is 7. The van der Waals surface area contributed by atoms with Crippen LogP contribution in [0.1, 0.15) is 50.5 Å². The van der Waals surface area contributed by atoms with Crippen LogP contribution in [0.15, 0.2) is 24.3 Å². The highest BCUT2D eigenvalue weighted by atomic mass is 32.1. The number of thiol groups is 1. The van der Waals surface area contributed by atoms with Crippen molar-refractivity contribution in [3.8, 4) is 5.75 Å². The van der Waals surface area contributed by atoms with Gasteiger partial charge < -0.3 is 32.1 Å². The molecule has 0 bridgehead atoms. The topological polar surface area (TPSA) is 180 Å². The zero-order valence-electron chi connectivity index (χ0n) is 20.5. The summed E-state index contributed by atoms with van der Waals surface area (Å²) >= 11 is 3.98. The minimum Gasteiger partial charge on any atom is -0.508 e. The van der Waals surface area contributed by atoms with Gasteiger partial charge in [0.15, 0.2) is 0 Å². The largest absolute Gasteiger partial charge is 0.508 e. The molecule has 0 radical (unpaired) electrons. The van der Waals surface area contributed by atoms with E-state index in [0.717, 1.165) is 5.56 Å². The maximum Gasteiger partial charge on any atom is 0.242 e. The van der Waals surface area contributed by atoms with E-state index in [1.165, 1.54) is 19.2 Å². The third kappa shape index (κ3) is 13.0. The maximum absolute atomic E-state index is 12.8. The van der Waals surface area contributed by atoms with Gasteiger partial charge >= 0.3 is 0 Å². The minimum atomic E-state index is -0.820. The fraction of sp³-hybridized carbons (Fsp3) is 0.542. The number of phenols is 1. The molecule has 0 aliphatic carbocycles. The lowest BCUT2D eigenvalue weighted by Gasteiger charge is -2.19. The molecule has 0 saturated carbocycles. The summed E-state index contributed by atoms with van der Waals surface area (Å²) in [6.45, 7) is 0.361. The van der Waals surface area contributed by atoms with E-state index in [0.29, 0.717) is 32.2 Å². The van der Waals surface area contributed by atoms with Gasteiger partial charge in [0.2, 0.25) is 29.5 Å². The number of amides is 5. The summed E-state index contributed by atoms with van der Waals surface area (Å²) in [5.74, 6) is -1.54. The Kier molecular flexibility index (Phi) is 14.7. The number of carbonyl (C=O) groups is 5. The molecule has 12 heteroatoms. The Morgan fingerprint density at radius 3 is 2.03 bits per heavy atom. The van der Waals surface area contributed by atoms with Crippen LogP contribution >= 0.6 is 12.6 Å². The van der Waals surface area contributed by atoms with Crippen LogP contribution < -0.4 is 27.0 Å². The fourth-order valence-corrected chi connectivity index (χ4v) is 3.54. The lowest BCUT2D eigenvalue weighted by Crippen LogP contribution is -2.48. The average Bonchev–Trinajstić information content (AvgIpc) is 2.84. The predicted octanol–water partition coefficient (Wildman–Crippen LogP) is -0.0877. The molecule has 7 N–H and O–H groups in total. The predicted molar refractivity (Wildman–Crippen MR) is 138 cm³/mol. The first kappa shape index (κ1) is 30.8. The molecule has 1 aromatic carbocycles. The third-order valence-corrected chi connectivity index (χ3v) is 5.72. The molecule has 0 fully saturated rings. The van der Waals surface area contributed by atoms with Crippen molar-refractivity contribution in [1.29, 1.82) is 0 Å². The highest BCUT2D eigenvalue weighted by Gasteiger charge is 2.21. The molecule has 0 spiro atoms. The normalized spacial score (nSPS) is 12.2. The van der Waals surface area contributed by atoms with E-state index in [4.69, 9.17) is 5.73 Å². The molecular weight excluding hydrogens is 486 g/mol. The van der Waals surface area contributed by atoms with Gasteiger partial charge in [0.1, 0.15) is 17.8 Å². The fourth-order valence-electron chi connectivity index (χ4n) is 3.27. The molecule has 0 aliphatic heterocycles. The van der Waals surface area contributed by atoms with Gasteiger partial charge in [-0.25, -0.2) is 0 Å². The molecule has 11 nitrogen and oxygen atoms in total. The number of nitrogens with one attached hydrogen (secondary N) is 4. The Hall–Kier alpha value is -3.28. The second-order valence-corrected chi connectivity index (χ2v) is 8.69. The van der Waals surface area contributed by atoms with Gasteiger partial charge in [-0.15, -0.1) is 0 Å². The minimum absolute atomic E-state index is 0.0995. The van der Waals surface area contributed by atoms with E-state index < -0.39 is 18.0 Å². The van der Waals surface area contributed by atoms with Crippen LogP contribution in [0, 0.1) is 0 Å². The summed E-state index contributed by atoms with van der Waals surface area (Å²) in [5, 5.41) is 20.0. The Morgan fingerprint density at radius 2 is 1.44 bits per heavy atom. The Labute approximate surface area is 216 Å². The molecule has 2 atom stereocenters. The first-order chi connectivity index (χ1) is 17.2. The molecule has 0 aromatic heterocycles. The van der Waals surface area contributed by atoms with Gasteiger partial charge in [-0.2, -0.15) is 12.6 Å². The number of carbonyl (C=O) groups excluding carboxylic acids is 5. The highest BCUT2D eigenvalue weighted by molar-refractivity contribution is 7.80. The number of nitrogens with two attached hydrogens (primary N) is 1. The summed E-state index contributed by atoms with van der Waals surface area (Å²) in [5.41, 5.74) is 5.94. The Morgan fingerprint density at radius 1 is 0.861 bits per heavy atom. The molecular formula is C24H37N5O6S. The summed E-state index contributed by atoms with van der Waals surface area (Å²) in [7, 11) is 1.53. The van der Waals surface area contributed by atoms with Crippen molar-refractivity contribution in [3.63, 3.8) is 0 Å². The molecule has 0 saturated heterocycles. The summed E-state index contributed by atoms with van der Waals surface area (Å²) < 4.78 is 0. The van der Waals surface area contributed by atoms with Crippen LogP contribution in [0.3, 0.4) is 0 Å². The van der Waals surface area contributed by atoms with Crippen molar-refractivity contribution in [3.05, 3.63) is 29.8 Å². The number of phenolic OH excluding ortho intramolecular Hbond substituents is 1. The highest BCUT2D eigenvalue weighted by Crippen LogP contribution is 2.12. The summed E-state index contributed by atoms with van der Waals surface area (Å²) in [4.78, 5) is 59.5. The van der Waals surface area contributed by atoms with Crippen molar-refractivity contribution in [2.45, 2.75) is 63.5 Å². The maximum atomic E-state index is 12.8. The van der Waals surface area contributed by atoms with Gasteiger partial charge in [0, 0.05) is 45.0 Å². The monoisotopic (exact) mass is 523 g/mol. The van der Waals surface area contributed by atoms with Crippen molar-refractivity contribution in [1.82, 2.24) is 21.3 Å². The van der Waals surface area contributed by atoms with Gasteiger partial charge in [0.25, 0.3) is 0 Å². The lowest BCUT2D eigenvalue weighted by atomic mass is 10.0. The number of aromatic hydroxyl groups is 1. The molecule has 2 unspecified atom stereocenters. The van der Waals surface area contributed by atoms with E-state index in [2.05, 4.69) is 33.9 Å². The first-order valence-corrected chi connectivity index (χ1v) is 12.5. The molecule has 0 aliphatic rings. The van der Waals surface area contributed by atoms with Crippen molar-refractivity contribution >= 4 is 42.2 Å². The molecule has 0 heterocycles. The Bertz CT molecular complexity index is 880. The Balaban J connectivity index is 2.50. The number of benzene rings is 1. The average molecular weight is 524 g/mol. The van der Waals surface area contributed by atoms with Crippen molar-refractivity contribution in [2.75, 3.05) is 19.3 Å². The molecule has 200 valence electrons. The SMILES string of the molecule is CNC(=O)CCCC(=O)NC(Cc1ccc(O)cc1)C(=O)NCCCCCC(=O)NC(CS)C(N)=O. The van der Waals surface area contributed by atoms with Gasteiger partial charge in [-0.05, 0) is 37.0 Å².